The molecular weight excluding hydrogens is 336 g/mol. The second-order valence-corrected chi connectivity index (χ2v) is 6.71. The Morgan fingerprint density at radius 3 is 2.07 bits per heavy atom. The van der Waals surface area contributed by atoms with E-state index in [4.69, 9.17) is 0 Å². The third-order valence-electron chi connectivity index (χ3n) is 4.60. The summed E-state index contributed by atoms with van der Waals surface area (Å²) in [4.78, 5) is 27.4. The summed E-state index contributed by atoms with van der Waals surface area (Å²) in [5, 5.41) is 3.02. The van der Waals surface area contributed by atoms with Crippen LogP contribution in [0.2, 0.25) is 0 Å². The molecule has 0 radical (unpaired) electrons. The second kappa shape index (κ2) is 11.2. The number of benzene rings is 2. The number of amides is 2. The van der Waals surface area contributed by atoms with Crippen LogP contribution in [0, 0.1) is 0 Å². The number of unbranched alkanes of at least 4 members (excludes halogenated alkanes) is 1. The van der Waals surface area contributed by atoms with Gasteiger partial charge in [-0.3, -0.25) is 9.59 Å². The van der Waals surface area contributed by atoms with Crippen molar-refractivity contribution in [1.82, 2.24) is 10.2 Å². The van der Waals surface area contributed by atoms with Gasteiger partial charge in [0.25, 0.3) is 0 Å². The quantitative estimate of drug-likeness (QED) is 0.647. The minimum Gasteiger partial charge on any atom is -0.354 e. The lowest BCUT2D eigenvalue weighted by atomic mass is 10.0. The summed E-state index contributed by atoms with van der Waals surface area (Å²) in [6, 6.07) is 19.2. The zero-order valence-electron chi connectivity index (χ0n) is 16.4. The molecule has 1 atom stereocenters. The monoisotopic (exact) mass is 366 g/mol. The molecule has 27 heavy (non-hydrogen) atoms. The van der Waals surface area contributed by atoms with Crippen molar-refractivity contribution in [3.05, 3.63) is 71.8 Å². The van der Waals surface area contributed by atoms with Crippen molar-refractivity contribution in [3.8, 4) is 0 Å². The highest BCUT2D eigenvalue weighted by molar-refractivity contribution is 5.87. The van der Waals surface area contributed by atoms with Gasteiger partial charge in [-0.25, -0.2) is 0 Å². The van der Waals surface area contributed by atoms with Gasteiger partial charge in [0.05, 0.1) is 0 Å². The van der Waals surface area contributed by atoms with E-state index >= 15 is 0 Å². The van der Waals surface area contributed by atoms with E-state index in [0.717, 1.165) is 24.0 Å². The lowest BCUT2D eigenvalue weighted by molar-refractivity contribution is -0.141. The first-order chi connectivity index (χ1) is 13.2. The van der Waals surface area contributed by atoms with Crippen molar-refractivity contribution in [1.29, 1.82) is 0 Å². The summed E-state index contributed by atoms with van der Waals surface area (Å²) < 4.78 is 0. The van der Waals surface area contributed by atoms with E-state index in [1.807, 2.05) is 67.6 Å². The number of nitrogens with one attached hydrogen (secondary N) is 1. The second-order valence-electron chi connectivity index (χ2n) is 6.71. The molecule has 2 rings (SSSR count). The van der Waals surface area contributed by atoms with Crippen molar-refractivity contribution in [3.63, 3.8) is 0 Å². The molecule has 0 aliphatic heterocycles. The van der Waals surface area contributed by atoms with Crippen LogP contribution < -0.4 is 5.32 Å². The topological polar surface area (TPSA) is 49.4 Å². The summed E-state index contributed by atoms with van der Waals surface area (Å²) in [7, 11) is 0. The Morgan fingerprint density at radius 2 is 1.52 bits per heavy atom. The van der Waals surface area contributed by atoms with Gasteiger partial charge >= 0.3 is 0 Å². The van der Waals surface area contributed by atoms with Gasteiger partial charge < -0.3 is 10.2 Å². The van der Waals surface area contributed by atoms with E-state index in [1.54, 1.807) is 4.90 Å². The molecule has 144 valence electrons. The van der Waals surface area contributed by atoms with Gasteiger partial charge in [0.2, 0.25) is 11.8 Å². The molecule has 1 N–H and O–H groups in total. The highest BCUT2D eigenvalue weighted by atomic mass is 16.2. The van der Waals surface area contributed by atoms with E-state index in [-0.39, 0.29) is 11.8 Å². The molecular formula is C23H30N2O2. The van der Waals surface area contributed by atoms with Crippen LogP contribution in [0.25, 0.3) is 0 Å². The Labute approximate surface area is 162 Å². The van der Waals surface area contributed by atoms with Gasteiger partial charge in [-0.1, -0.05) is 80.9 Å². The maximum atomic E-state index is 13.0. The Morgan fingerprint density at radius 1 is 0.926 bits per heavy atom. The van der Waals surface area contributed by atoms with E-state index in [9.17, 15) is 9.59 Å². The number of hydrogen-bond acceptors (Lipinski definition) is 2. The van der Waals surface area contributed by atoms with Crippen LogP contribution >= 0.6 is 0 Å². The first kappa shape index (κ1) is 20.7. The van der Waals surface area contributed by atoms with Crippen LogP contribution in [0.3, 0.4) is 0 Å². The summed E-state index contributed by atoms with van der Waals surface area (Å²) >= 11 is 0. The van der Waals surface area contributed by atoms with Gasteiger partial charge in [0.15, 0.2) is 0 Å². The average molecular weight is 367 g/mol. The molecule has 4 heteroatoms. The van der Waals surface area contributed by atoms with Crippen LogP contribution in [-0.2, 0) is 22.6 Å². The Bertz CT molecular complexity index is 701. The highest BCUT2D eigenvalue weighted by Crippen LogP contribution is 2.15. The predicted molar refractivity (Wildman–Crippen MR) is 109 cm³/mol. The molecule has 1 unspecified atom stereocenters. The summed E-state index contributed by atoms with van der Waals surface area (Å²) in [6.07, 6.45) is 2.84. The van der Waals surface area contributed by atoms with Crippen LogP contribution in [0.1, 0.15) is 44.2 Å². The van der Waals surface area contributed by atoms with Gasteiger partial charge in [-0.05, 0) is 17.5 Å². The normalized spacial score (nSPS) is 11.6. The van der Waals surface area contributed by atoms with Crippen molar-refractivity contribution < 1.29 is 9.59 Å². The van der Waals surface area contributed by atoms with E-state index in [2.05, 4.69) is 12.2 Å². The minimum atomic E-state index is -0.517. The molecule has 2 aromatic carbocycles. The molecule has 0 aliphatic carbocycles. The molecule has 0 aliphatic rings. The van der Waals surface area contributed by atoms with Gasteiger partial charge in [-0.2, -0.15) is 0 Å². The molecule has 0 fully saturated rings. The largest absolute Gasteiger partial charge is 0.354 e. The molecule has 0 bridgehead atoms. The molecule has 2 aromatic rings. The number of hydrogen-bond donors (Lipinski definition) is 1. The summed E-state index contributed by atoms with van der Waals surface area (Å²) in [5.41, 5.74) is 2.08. The number of nitrogens with zero attached hydrogens (tertiary/aromatic N) is 1. The van der Waals surface area contributed by atoms with E-state index in [1.165, 1.54) is 0 Å². The third kappa shape index (κ3) is 6.55. The van der Waals surface area contributed by atoms with Crippen molar-refractivity contribution in [2.45, 2.75) is 52.1 Å². The predicted octanol–water partition coefficient (Wildman–Crippen LogP) is 3.95. The van der Waals surface area contributed by atoms with Crippen molar-refractivity contribution in [2.24, 2.45) is 0 Å². The fraction of sp³-hybridized carbons (Fsp3) is 0.391. The molecule has 0 aromatic heterocycles. The third-order valence-corrected chi connectivity index (χ3v) is 4.60. The van der Waals surface area contributed by atoms with Crippen LogP contribution in [0.5, 0.6) is 0 Å². The molecule has 0 spiro atoms. The first-order valence-electron chi connectivity index (χ1n) is 9.80. The molecule has 0 saturated carbocycles. The average Bonchev–Trinajstić information content (AvgIpc) is 2.71. The number of carbonyl (C=O) groups is 2. The van der Waals surface area contributed by atoms with Crippen LogP contribution in [-0.4, -0.2) is 29.3 Å². The van der Waals surface area contributed by atoms with Gasteiger partial charge in [-0.15, -0.1) is 0 Å². The van der Waals surface area contributed by atoms with Gasteiger partial charge in [0, 0.05) is 25.9 Å². The first-order valence-corrected chi connectivity index (χ1v) is 9.80. The van der Waals surface area contributed by atoms with Crippen molar-refractivity contribution in [2.75, 3.05) is 6.54 Å². The summed E-state index contributed by atoms with van der Waals surface area (Å²) in [5.74, 6) is -0.0875. The van der Waals surface area contributed by atoms with Crippen LogP contribution in [0.15, 0.2) is 60.7 Å². The highest BCUT2D eigenvalue weighted by Gasteiger charge is 2.29. The molecule has 0 heterocycles. The summed E-state index contributed by atoms with van der Waals surface area (Å²) in [6.45, 7) is 5.01. The SMILES string of the molecule is CCCCNC(=O)C(Cc1ccccc1)N(Cc1ccccc1)C(=O)CC. The fourth-order valence-corrected chi connectivity index (χ4v) is 3.04. The van der Waals surface area contributed by atoms with Gasteiger partial charge in [0.1, 0.15) is 6.04 Å². The Hall–Kier alpha value is -2.62. The standard InChI is InChI=1S/C23H30N2O2/c1-3-5-16-24-23(27)21(17-19-12-8-6-9-13-19)25(22(26)4-2)18-20-14-10-7-11-15-20/h6-15,21H,3-5,16-18H2,1-2H3,(H,24,27). The zero-order chi connectivity index (χ0) is 19.5. The Balaban J connectivity index is 2.26. The molecule has 4 nitrogen and oxygen atoms in total. The molecule has 0 saturated heterocycles. The van der Waals surface area contributed by atoms with Crippen LogP contribution in [0.4, 0.5) is 0 Å². The maximum Gasteiger partial charge on any atom is 0.243 e. The smallest absolute Gasteiger partial charge is 0.243 e. The molecule has 2 amide bonds. The number of rotatable bonds is 10. The van der Waals surface area contributed by atoms with Crippen molar-refractivity contribution >= 4 is 11.8 Å². The van der Waals surface area contributed by atoms with E-state index in [0.29, 0.717) is 25.9 Å². The number of carbonyl (C=O) groups excluding carboxylic acids is 2. The lowest BCUT2D eigenvalue weighted by Gasteiger charge is -2.31. The minimum absolute atomic E-state index is 0.00887. The van der Waals surface area contributed by atoms with E-state index < -0.39 is 6.04 Å². The Kier molecular flexibility index (Phi) is 8.56. The fourth-order valence-electron chi connectivity index (χ4n) is 3.04. The zero-order valence-corrected chi connectivity index (χ0v) is 16.4. The maximum absolute atomic E-state index is 13.0. The lowest BCUT2D eigenvalue weighted by Crippen LogP contribution is -2.50.